The number of rotatable bonds is 7. The largest absolute Gasteiger partial charge is 0.452 e. The molecule has 3 aromatic carbocycles. The number of anilines is 1. The van der Waals surface area contributed by atoms with Crippen LogP contribution in [0.3, 0.4) is 0 Å². The number of hydrogen-bond donors (Lipinski definition) is 1. The van der Waals surface area contributed by atoms with E-state index < -0.39 is 16.8 Å². The zero-order valence-electron chi connectivity index (χ0n) is 18.2. The lowest BCUT2D eigenvalue weighted by molar-refractivity contribution is -0.384. The molecule has 0 spiro atoms. The Kier molecular flexibility index (Phi) is 6.83. The summed E-state index contributed by atoms with van der Waals surface area (Å²) in [5.74, 6) is -0.910. The number of para-hydroxylation sites is 1. The molecule has 1 aromatic heterocycles. The summed E-state index contributed by atoms with van der Waals surface area (Å²) in [7, 11) is 0. The van der Waals surface area contributed by atoms with E-state index in [1.807, 2.05) is 31.2 Å². The van der Waals surface area contributed by atoms with E-state index in [0.29, 0.717) is 5.82 Å². The minimum atomic E-state index is -0.731. The molecule has 0 aliphatic rings. The zero-order chi connectivity index (χ0) is 24.9. The van der Waals surface area contributed by atoms with Crippen LogP contribution in [0.5, 0.6) is 0 Å². The van der Waals surface area contributed by atoms with Crippen LogP contribution in [-0.4, -0.2) is 26.9 Å². The third kappa shape index (κ3) is 5.50. The Labute approximate surface area is 203 Å². The third-order valence-electron chi connectivity index (χ3n) is 4.91. The van der Waals surface area contributed by atoms with Gasteiger partial charge >= 0.3 is 5.97 Å². The van der Waals surface area contributed by atoms with Gasteiger partial charge in [-0.15, -0.1) is 0 Å². The van der Waals surface area contributed by atoms with Gasteiger partial charge in [0.25, 0.3) is 17.5 Å². The number of amides is 1. The summed E-state index contributed by atoms with van der Waals surface area (Å²) in [6.45, 7) is 1.69. The van der Waals surface area contributed by atoms with Gasteiger partial charge in [-0.3, -0.25) is 14.9 Å². The minimum Gasteiger partial charge on any atom is -0.452 e. The van der Waals surface area contributed by atoms with Crippen molar-refractivity contribution in [1.82, 2.24) is 10.1 Å². The van der Waals surface area contributed by atoms with Crippen molar-refractivity contribution < 1.29 is 23.8 Å². The topological polar surface area (TPSA) is 137 Å². The van der Waals surface area contributed by atoms with Crippen LogP contribution in [0.1, 0.15) is 32.2 Å². The number of ether oxygens (including phenoxy) is 1. The number of esters is 1. The van der Waals surface area contributed by atoms with Gasteiger partial charge in [-0.05, 0) is 25.1 Å². The maximum absolute atomic E-state index is 12.7. The highest BCUT2D eigenvalue weighted by molar-refractivity contribution is 6.34. The summed E-state index contributed by atoms with van der Waals surface area (Å²) in [4.78, 5) is 39.9. The maximum atomic E-state index is 12.7. The molecule has 10 nitrogen and oxygen atoms in total. The molecular formula is C24H17ClN4O6. The lowest BCUT2D eigenvalue weighted by atomic mass is 10.1. The summed E-state index contributed by atoms with van der Waals surface area (Å²) in [5.41, 5.74) is 1.86. The van der Waals surface area contributed by atoms with Gasteiger partial charge in [-0.1, -0.05) is 58.7 Å². The quantitative estimate of drug-likeness (QED) is 0.210. The molecule has 1 heterocycles. The molecule has 35 heavy (non-hydrogen) atoms. The minimum absolute atomic E-state index is 0.00920. The Hall–Kier alpha value is -4.57. The second-order valence-electron chi connectivity index (χ2n) is 7.37. The molecule has 0 radical (unpaired) electrons. The number of benzene rings is 3. The standard InChI is InChI=1S/C24H17ClN4O6/c1-14-6-8-15(9-7-14)22-27-21(35-28-22)13-34-24(31)18-4-2-3-5-20(18)26-23(30)17-11-10-16(29(32)33)12-19(17)25/h2-12H,13H2,1H3,(H,26,30). The lowest BCUT2D eigenvalue weighted by Gasteiger charge is -2.11. The van der Waals surface area contributed by atoms with Crippen LogP contribution in [0.2, 0.25) is 5.02 Å². The molecule has 1 N–H and O–H groups in total. The predicted octanol–water partition coefficient (Wildman–Crippen LogP) is 5.22. The number of aromatic nitrogens is 2. The number of non-ortho nitro benzene ring substituents is 1. The lowest BCUT2D eigenvalue weighted by Crippen LogP contribution is -2.16. The number of nitro groups is 1. The molecule has 0 saturated heterocycles. The van der Waals surface area contributed by atoms with Crippen molar-refractivity contribution in [2.75, 3.05) is 5.32 Å². The Balaban J connectivity index is 1.44. The van der Waals surface area contributed by atoms with Crippen LogP contribution in [0.15, 0.2) is 71.3 Å². The number of aryl methyl sites for hydroxylation is 1. The molecule has 4 rings (SSSR count). The first kappa shape index (κ1) is 23.6. The molecule has 176 valence electrons. The Morgan fingerprint density at radius 2 is 1.83 bits per heavy atom. The van der Waals surface area contributed by atoms with Gasteiger partial charge in [0.1, 0.15) is 0 Å². The molecule has 1 amide bonds. The van der Waals surface area contributed by atoms with Gasteiger partial charge in [-0.2, -0.15) is 4.98 Å². The SMILES string of the molecule is Cc1ccc(-c2noc(COC(=O)c3ccccc3NC(=O)c3ccc([N+](=O)[O-])cc3Cl)n2)cc1. The average molecular weight is 493 g/mol. The second-order valence-corrected chi connectivity index (χ2v) is 7.78. The Bertz CT molecular complexity index is 1420. The zero-order valence-corrected chi connectivity index (χ0v) is 19.0. The van der Waals surface area contributed by atoms with Crippen molar-refractivity contribution in [1.29, 1.82) is 0 Å². The maximum Gasteiger partial charge on any atom is 0.340 e. The van der Waals surface area contributed by atoms with Gasteiger partial charge in [0.05, 0.1) is 26.8 Å². The Morgan fingerprint density at radius 3 is 2.54 bits per heavy atom. The number of hydrogen-bond acceptors (Lipinski definition) is 8. The van der Waals surface area contributed by atoms with Crippen LogP contribution in [0.25, 0.3) is 11.4 Å². The average Bonchev–Trinajstić information content (AvgIpc) is 3.32. The fourth-order valence-corrected chi connectivity index (χ4v) is 3.36. The summed E-state index contributed by atoms with van der Waals surface area (Å²) in [6, 6.07) is 17.2. The molecule has 0 fully saturated rings. The first-order valence-electron chi connectivity index (χ1n) is 10.2. The molecule has 0 unspecified atom stereocenters. The van der Waals surface area contributed by atoms with E-state index in [0.717, 1.165) is 23.3 Å². The van der Waals surface area contributed by atoms with Crippen molar-refractivity contribution in [2.24, 2.45) is 0 Å². The van der Waals surface area contributed by atoms with Crippen LogP contribution in [0, 0.1) is 17.0 Å². The van der Waals surface area contributed by atoms with Crippen LogP contribution in [-0.2, 0) is 11.3 Å². The normalized spacial score (nSPS) is 10.6. The van der Waals surface area contributed by atoms with Crippen LogP contribution < -0.4 is 5.32 Å². The molecule has 4 aromatic rings. The highest BCUT2D eigenvalue weighted by Gasteiger charge is 2.19. The number of carbonyl (C=O) groups is 2. The first-order valence-corrected chi connectivity index (χ1v) is 10.6. The van der Waals surface area contributed by atoms with E-state index in [1.54, 1.807) is 12.1 Å². The molecule has 0 aliphatic carbocycles. The van der Waals surface area contributed by atoms with E-state index in [2.05, 4.69) is 15.5 Å². The van der Waals surface area contributed by atoms with E-state index in [4.69, 9.17) is 20.9 Å². The molecule has 11 heteroatoms. The van der Waals surface area contributed by atoms with Gasteiger partial charge < -0.3 is 14.6 Å². The summed E-state index contributed by atoms with van der Waals surface area (Å²) < 4.78 is 10.4. The van der Waals surface area contributed by atoms with Crippen molar-refractivity contribution in [3.63, 3.8) is 0 Å². The molecule has 0 aliphatic heterocycles. The van der Waals surface area contributed by atoms with Crippen molar-refractivity contribution >= 4 is 34.9 Å². The fourth-order valence-electron chi connectivity index (χ4n) is 3.10. The highest BCUT2D eigenvalue weighted by atomic mass is 35.5. The van der Waals surface area contributed by atoms with E-state index in [1.165, 1.54) is 18.2 Å². The van der Waals surface area contributed by atoms with E-state index in [-0.39, 0.29) is 40.0 Å². The van der Waals surface area contributed by atoms with Crippen molar-refractivity contribution in [2.45, 2.75) is 13.5 Å². The number of nitrogens with one attached hydrogen (secondary N) is 1. The summed E-state index contributed by atoms with van der Waals surface area (Å²) in [6.07, 6.45) is 0. The predicted molar refractivity (Wildman–Crippen MR) is 126 cm³/mol. The first-order chi connectivity index (χ1) is 16.8. The Morgan fingerprint density at radius 1 is 1.09 bits per heavy atom. The third-order valence-corrected chi connectivity index (χ3v) is 5.22. The molecular weight excluding hydrogens is 476 g/mol. The highest BCUT2D eigenvalue weighted by Crippen LogP contribution is 2.25. The smallest absolute Gasteiger partial charge is 0.340 e. The van der Waals surface area contributed by atoms with Gasteiger partial charge in [-0.25, -0.2) is 4.79 Å². The van der Waals surface area contributed by atoms with Crippen LogP contribution >= 0.6 is 11.6 Å². The monoisotopic (exact) mass is 492 g/mol. The number of nitro benzene ring substituents is 1. The number of nitrogens with zero attached hydrogens (tertiary/aromatic N) is 3. The molecule has 0 bridgehead atoms. The van der Waals surface area contributed by atoms with Gasteiger partial charge in [0.15, 0.2) is 6.61 Å². The number of carbonyl (C=O) groups excluding carboxylic acids is 2. The van der Waals surface area contributed by atoms with Crippen LogP contribution in [0.4, 0.5) is 11.4 Å². The van der Waals surface area contributed by atoms with E-state index >= 15 is 0 Å². The molecule has 0 saturated carbocycles. The van der Waals surface area contributed by atoms with Gasteiger partial charge in [0, 0.05) is 17.7 Å². The molecule has 0 atom stereocenters. The summed E-state index contributed by atoms with van der Waals surface area (Å²) >= 11 is 6.03. The van der Waals surface area contributed by atoms with Crippen molar-refractivity contribution in [3.05, 3.63) is 104 Å². The van der Waals surface area contributed by atoms with Crippen molar-refractivity contribution in [3.8, 4) is 11.4 Å². The fraction of sp³-hybridized carbons (Fsp3) is 0.0833. The summed E-state index contributed by atoms with van der Waals surface area (Å²) in [5, 5.41) is 17.2. The second kappa shape index (κ2) is 10.1. The van der Waals surface area contributed by atoms with E-state index in [9.17, 15) is 19.7 Å². The number of halogens is 1. The van der Waals surface area contributed by atoms with Gasteiger partial charge in [0.2, 0.25) is 5.82 Å².